The number of methoxy groups -OCH3 is 1. The van der Waals surface area contributed by atoms with Crippen LogP contribution in [0.25, 0.3) is 11.1 Å². The van der Waals surface area contributed by atoms with Gasteiger partial charge in [0.05, 0.1) is 7.11 Å². The molecular formula is C17H20N2O3. The predicted octanol–water partition coefficient (Wildman–Crippen LogP) is 2.96. The molecule has 1 aliphatic carbocycles. The largest absolute Gasteiger partial charge is 0.465 e. The summed E-state index contributed by atoms with van der Waals surface area (Å²) in [5.74, 6) is 0.711. The minimum atomic E-state index is -0.379. The van der Waals surface area contributed by atoms with Crippen molar-refractivity contribution < 1.29 is 13.9 Å². The van der Waals surface area contributed by atoms with Crippen LogP contribution in [0.15, 0.2) is 22.6 Å². The van der Waals surface area contributed by atoms with Crippen LogP contribution < -0.4 is 0 Å². The van der Waals surface area contributed by atoms with E-state index in [0.29, 0.717) is 17.1 Å². The van der Waals surface area contributed by atoms with E-state index in [0.717, 1.165) is 37.0 Å². The maximum Gasteiger partial charge on any atom is 0.341 e. The van der Waals surface area contributed by atoms with E-state index in [2.05, 4.69) is 9.88 Å². The standard InChI is InChI=1S/C17H20N2O3/c1-21-17(20)13-6-3-7-14-15(13)22-16(18-14)11-8-9-19(10-11)12-4-2-5-12/h3,6-7,11-12H,2,4-5,8-10H2,1H3. The van der Waals surface area contributed by atoms with E-state index < -0.39 is 0 Å². The second-order valence-electron chi connectivity index (χ2n) is 6.26. The number of rotatable bonds is 3. The molecule has 1 saturated heterocycles. The third kappa shape index (κ3) is 2.20. The van der Waals surface area contributed by atoms with Crippen molar-refractivity contribution in [1.82, 2.24) is 9.88 Å². The number of benzene rings is 1. The molecule has 2 fully saturated rings. The van der Waals surface area contributed by atoms with Crippen molar-refractivity contribution in [2.24, 2.45) is 0 Å². The quantitative estimate of drug-likeness (QED) is 0.816. The lowest BCUT2D eigenvalue weighted by atomic mass is 9.92. The van der Waals surface area contributed by atoms with Crippen molar-refractivity contribution in [3.8, 4) is 0 Å². The maximum atomic E-state index is 11.8. The minimum absolute atomic E-state index is 0.332. The number of ether oxygens (including phenoxy) is 1. The molecule has 1 aromatic heterocycles. The Morgan fingerprint density at radius 3 is 2.95 bits per heavy atom. The highest BCUT2D eigenvalue weighted by Gasteiger charge is 2.34. The fraction of sp³-hybridized carbons (Fsp3) is 0.529. The number of carbonyl (C=O) groups excluding carboxylic acids is 1. The van der Waals surface area contributed by atoms with E-state index >= 15 is 0 Å². The van der Waals surface area contributed by atoms with Crippen LogP contribution in [-0.2, 0) is 4.74 Å². The number of carbonyl (C=O) groups is 1. The molecule has 2 aromatic rings. The summed E-state index contributed by atoms with van der Waals surface area (Å²) in [7, 11) is 1.38. The van der Waals surface area contributed by atoms with Gasteiger partial charge < -0.3 is 9.15 Å². The Labute approximate surface area is 129 Å². The van der Waals surface area contributed by atoms with Gasteiger partial charge in [-0.25, -0.2) is 9.78 Å². The first kappa shape index (κ1) is 13.8. The molecule has 5 heteroatoms. The summed E-state index contributed by atoms with van der Waals surface area (Å²) >= 11 is 0. The van der Waals surface area contributed by atoms with Gasteiger partial charge in [-0.1, -0.05) is 12.5 Å². The Kier molecular flexibility index (Phi) is 3.37. The molecule has 0 amide bonds. The van der Waals surface area contributed by atoms with Gasteiger partial charge in [0, 0.05) is 18.5 Å². The second kappa shape index (κ2) is 5.39. The lowest BCUT2D eigenvalue weighted by Gasteiger charge is -2.34. The van der Waals surface area contributed by atoms with Gasteiger partial charge in [-0.3, -0.25) is 4.90 Å². The summed E-state index contributed by atoms with van der Waals surface area (Å²) in [4.78, 5) is 19.0. The molecule has 1 atom stereocenters. The third-order valence-electron chi connectivity index (χ3n) is 5.00. The Morgan fingerprint density at radius 1 is 1.36 bits per heavy atom. The highest BCUT2D eigenvalue weighted by molar-refractivity contribution is 6.00. The van der Waals surface area contributed by atoms with E-state index in [9.17, 15) is 4.79 Å². The molecule has 0 spiro atoms. The topological polar surface area (TPSA) is 55.6 Å². The van der Waals surface area contributed by atoms with E-state index in [1.54, 1.807) is 6.07 Å². The average Bonchev–Trinajstić information content (AvgIpc) is 3.10. The molecule has 1 saturated carbocycles. The summed E-state index contributed by atoms with van der Waals surface area (Å²) in [6, 6.07) is 6.18. The van der Waals surface area contributed by atoms with Gasteiger partial charge in [0.25, 0.3) is 0 Å². The lowest BCUT2D eigenvalue weighted by Crippen LogP contribution is -2.38. The van der Waals surface area contributed by atoms with Crippen LogP contribution in [0, 0.1) is 0 Å². The maximum absolute atomic E-state index is 11.8. The molecule has 22 heavy (non-hydrogen) atoms. The van der Waals surface area contributed by atoms with Crippen LogP contribution in [-0.4, -0.2) is 42.1 Å². The number of nitrogens with zero attached hydrogens (tertiary/aromatic N) is 2. The van der Waals surface area contributed by atoms with Gasteiger partial charge in [-0.15, -0.1) is 0 Å². The normalized spacial score (nSPS) is 22.9. The zero-order chi connectivity index (χ0) is 15.1. The van der Waals surface area contributed by atoms with Crippen molar-refractivity contribution >= 4 is 17.1 Å². The van der Waals surface area contributed by atoms with Crippen LogP contribution in [0.4, 0.5) is 0 Å². The summed E-state index contributed by atoms with van der Waals surface area (Å²) < 4.78 is 10.8. The Bertz CT molecular complexity index is 705. The fourth-order valence-electron chi connectivity index (χ4n) is 3.48. The zero-order valence-corrected chi connectivity index (χ0v) is 12.7. The molecule has 4 rings (SSSR count). The predicted molar refractivity (Wildman–Crippen MR) is 81.9 cm³/mol. The van der Waals surface area contributed by atoms with Gasteiger partial charge in [0.15, 0.2) is 11.5 Å². The van der Waals surface area contributed by atoms with Gasteiger partial charge in [-0.05, 0) is 37.9 Å². The van der Waals surface area contributed by atoms with Crippen LogP contribution in [0.3, 0.4) is 0 Å². The molecule has 1 aliphatic heterocycles. The van der Waals surface area contributed by atoms with Gasteiger partial charge in [-0.2, -0.15) is 0 Å². The van der Waals surface area contributed by atoms with Crippen molar-refractivity contribution in [2.45, 2.75) is 37.6 Å². The minimum Gasteiger partial charge on any atom is -0.465 e. The molecule has 1 aromatic carbocycles. The number of para-hydroxylation sites is 1. The smallest absolute Gasteiger partial charge is 0.341 e. The first-order valence-electron chi connectivity index (χ1n) is 7.98. The number of fused-ring (bicyclic) bond motifs is 1. The fourth-order valence-corrected chi connectivity index (χ4v) is 3.48. The number of hydrogen-bond donors (Lipinski definition) is 0. The van der Waals surface area contributed by atoms with E-state index in [1.807, 2.05) is 12.1 Å². The van der Waals surface area contributed by atoms with Crippen LogP contribution in [0.5, 0.6) is 0 Å². The summed E-state index contributed by atoms with van der Waals surface area (Å²) in [5, 5.41) is 0. The highest BCUT2D eigenvalue weighted by atomic mass is 16.5. The molecule has 1 unspecified atom stereocenters. The third-order valence-corrected chi connectivity index (χ3v) is 5.00. The summed E-state index contributed by atoms with van der Waals surface area (Å²) in [6.07, 6.45) is 5.09. The van der Waals surface area contributed by atoms with E-state index in [-0.39, 0.29) is 5.97 Å². The molecule has 0 radical (unpaired) electrons. The molecular weight excluding hydrogens is 280 g/mol. The van der Waals surface area contributed by atoms with Crippen molar-refractivity contribution in [1.29, 1.82) is 0 Å². The number of oxazole rings is 1. The summed E-state index contributed by atoms with van der Waals surface area (Å²) in [6.45, 7) is 2.14. The molecule has 116 valence electrons. The first-order chi connectivity index (χ1) is 10.8. The van der Waals surface area contributed by atoms with E-state index in [4.69, 9.17) is 9.15 Å². The Balaban J connectivity index is 1.61. The van der Waals surface area contributed by atoms with Gasteiger partial charge in [0.1, 0.15) is 11.1 Å². The van der Waals surface area contributed by atoms with Crippen molar-refractivity contribution in [3.05, 3.63) is 29.7 Å². The van der Waals surface area contributed by atoms with E-state index in [1.165, 1.54) is 26.4 Å². The monoisotopic (exact) mass is 300 g/mol. The Morgan fingerprint density at radius 2 is 2.23 bits per heavy atom. The highest BCUT2D eigenvalue weighted by Crippen LogP contribution is 2.35. The first-order valence-corrected chi connectivity index (χ1v) is 7.98. The van der Waals surface area contributed by atoms with Crippen LogP contribution in [0.2, 0.25) is 0 Å². The molecule has 2 heterocycles. The molecule has 2 aliphatic rings. The number of hydrogen-bond acceptors (Lipinski definition) is 5. The molecule has 0 N–H and O–H groups in total. The number of aromatic nitrogens is 1. The van der Waals surface area contributed by atoms with Crippen molar-refractivity contribution in [3.63, 3.8) is 0 Å². The lowest BCUT2D eigenvalue weighted by molar-refractivity contribution is 0.0601. The van der Waals surface area contributed by atoms with Crippen molar-refractivity contribution in [2.75, 3.05) is 20.2 Å². The average molecular weight is 300 g/mol. The van der Waals surface area contributed by atoms with Gasteiger partial charge in [0.2, 0.25) is 0 Å². The van der Waals surface area contributed by atoms with Crippen LogP contribution in [0.1, 0.15) is 47.8 Å². The van der Waals surface area contributed by atoms with Gasteiger partial charge >= 0.3 is 5.97 Å². The zero-order valence-electron chi connectivity index (χ0n) is 12.7. The molecule has 0 bridgehead atoms. The summed E-state index contributed by atoms with van der Waals surface area (Å²) in [5.41, 5.74) is 1.74. The van der Waals surface area contributed by atoms with Crippen LogP contribution >= 0.6 is 0 Å². The number of likely N-dealkylation sites (tertiary alicyclic amines) is 1. The molecule has 5 nitrogen and oxygen atoms in total. The Hall–Kier alpha value is -1.88. The SMILES string of the molecule is COC(=O)c1cccc2nc(C3CCN(C4CCC4)C3)oc12. The second-order valence-corrected chi connectivity index (χ2v) is 6.26. The number of esters is 1.